The number of esters is 1. The molecule has 0 radical (unpaired) electrons. The number of fused-ring (bicyclic) bond motifs is 3. The molecule has 0 spiro atoms. The minimum Gasteiger partial charge on any atom is -0.465 e. The summed E-state index contributed by atoms with van der Waals surface area (Å²) in [6, 6.07) is 11.3. The van der Waals surface area contributed by atoms with Crippen LogP contribution in [0.3, 0.4) is 0 Å². The quantitative estimate of drug-likeness (QED) is 0.438. The number of carbonyl (C=O) groups is 2. The van der Waals surface area contributed by atoms with Crippen LogP contribution in [0.4, 0.5) is 0 Å². The van der Waals surface area contributed by atoms with Gasteiger partial charge in [0.25, 0.3) is 0 Å². The zero-order chi connectivity index (χ0) is 22.2. The van der Waals surface area contributed by atoms with Crippen LogP contribution in [0.15, 0.2) is 56.7 Å². The van der Waals surface area contributed by atoms with Gasteiger partial charge in [-0.3, -0.25) is 14.4 Å². The third-order valence-electron chi connectivity index (χ3n) is 4.81. The Morgan fingerprint density at radius 2 is 1.94 bits per heavy atom. The van der Waals surface area contributed by atoms with Crippen molar-refractivity contribution in [3.8, 4) is 11.5 Å². The summed E-state index contributed by atoms with van der Waals surface area (Å²) in [5, 5.41) is 0.373. The second kappa shape index (κ2) is 7.97. The summed E-state index contributed by atoms with van der Waals surface area (Å²) in [6.07, 6.45) is 0. The molecule has 1 amide bonds. The lowest BCUT2D eigenvalue weighted by Gasteiger charge is -2.05. The number of thiazole rings is 1. The molecule has 1 aliphatic heterocycles. The van der Waals surface area contributed by atoms with E-state index in [9.17, 15) is 14.4 Å². The monoisotopic (exact) mass is 452 g/mol. The topological polar surface area (TPSA) is 109 Å². The maximum Gasteiger partial charge on any atom is 0.326 e. The highest BCUT2D eigenvalue weighted by Gasteiger charge is 2.20. The maximum absolute atomic E-state index is 12.9. The van der Waals surface area contributed by atoms with Crippen molar-refractivity contribution in [1.29, 1.82) is 0 Å². The van der Waals surface area contributed by atoms with Gasteiger partial charge < -0.3 is 23.2 Å². The Labute approximate surface area is 184 Å². The molecule has 0 N–H and O–H groups in total. The summed E-state index contributed by atoms with van der Waals surface area (Å²) >= 11 is 1.19. The molecule has 0 atom stereocenters. The average molecular weight is 452 g/mol. The third-order valence-corrected chi connectivity index (χ3v) is 5.85. The van der Waals surface area contributed by atoms with Gasteiger partial charge in [0.2, 0.25) is 6.79 Å². The minimum absolute atomic E-state index is 0.112. The second-order valence-electron chi connectivity index (χ2n) is 6.84. The van der Waals surface area contributed by atoms with Crippen LogP contribution in [0.5, 0.6) is 11.5 Å². The lowest BCUT2D eigenvalue weighted by molar-refractivity contribution is -0.143. The summed E-state index contributed by atoms with van der Waals surface area (Å²) in [4.78, 5) is 41.8. The van der Waals surface area contributed by atoms with Crippen molar-refractivity contribution in [2.45, 2.75) is 13.5 Å². The molecule has 0 bridgehead atoms. The Morgan fingerprint density at radius 3 is 2.75 bits per heavy atom. The molecule has 162 valence electrons. The molecule has 0 fully saturated rings. The zero-order valence-corrected chi connectivity index (χ0v) is 17.6. The van der Waals surface area contributed by atoms with E-state index >= 15 is 0 Å². The molecule has 9 nitrogen and oxygen atoms in total. The molecule has 0 aliphatic carbocycles. The van der Waals surface area contributed by atoms with Gasteiger partial charge in [0.1, 0.15) is 12.1 Å². The fourth-order valence-corrected chi connectivity index (χ4v) is 4.42. The lowest BCUT2D eigenvalue weighted by atomic mass is 10.2. The predicted molar refractivity (Wildman–Crippen MR) is 115 cm³/mol. The number of amides is 1. The lowest BCUT2D eigenvalue weighted by Crippen LogP contribution is -2.23. The van der Waals surface area contributed by atoms with Crippen LogP contribution < -0.4 is 19.7 Å². The number of carbonyl (C=O) groups excluding carboxylic acids is 2. The minimum atomic E-state index is -0.739. The van der Waals surface area contributed by atoms with Crippen LogP contribution in [-0.2, 0) is 16.1 Å². The molecule has 10 heteroatoms. The average Bonchev–Trinajstić information content (AvgIpc) is 3.36. The van der Waals surface area contributed by atoms with Gasteiger partial charge in [-0.2, -0.15) is 4.99 Å². The summed E-state index contributed by atoms with van der Waals surface area (Å²) in [5.41, 5.74) is 0.589. The first-order valence-electron chi connectivity index (χ1n) is 9.74. The molecule has 4 aromatic rings. The van der Waals surface area contributed by atoms with Crippen molar-refractivity contribution in [1.82, 2.24) is 4.57 Å². The van der Waals surface area contributed by atoms with Gasteiger partial charge in [-0.25, -0.2) is 0 Å². The van der Waals surface area contributed by atoms with Gasteiger partial charge in [-0.05, 0) is 19.1 Å². The third kappa shape index (κ3) is 3.54. The standard InChI is InChI=1S/C22H16N2O7S/c1-2-28-20(26)10-24-13-7-16-17(30-11-29-16)9-19(13)32-22(24)23-21(27)18-8-14(25)12-5-3-4-6-15(12)31-18/h3-9H,2,10-11H2,1H3. The van der Waals surface area contributed by atoms with E-state index in [4.69, 9.17) is 18.6 Å². The molecule has 2 aromatic heterocycles. The fourth-order valence-electron chi connectivity index (χ4n) is 3.38. The predicted octanol–water partition coefficient (Wildman–Crippen LogP) is 2.84. The summed E-state index contributed by atoms with van der Waals surface area (Å²) in [5.74, 6) is -0.303. The van der Waals surface area contributed by atoms with Crippen molar-refractivity contribution in [2.24, 2.45) is 4.99 Å². The number of hydrogen-bond acceptors (Lipinski definition) is 8. The fraction of sp³-hybridized carbons (Fsp3) is 0.182. The molecular weight excluding hydrogens is 436 g/mol. The highest BCUT2D eigenvalue weighted by molar-refractivity contribution is 7.16. The van der Waals surface area contributed by atoms with Crippen molar-refractivity contribution in [3.63, 3.8) is 0 Å². The maximum atomic E-state index is 12.9. The van der Waals surface area contributed by atoms with Crippen LogP contribution in [0, 0.1) is 0 Å². The van der Waals surface area contributed by atoms with Crippen molar-refractivity contribution in [3.05, 3.63) is 63.2 Å². The molecule has 0 unspecified atom stereocenters. The number of benzene rings is 2. The number of hydrogen-bond donors (Lipinski definition) is 0. The number of ether oxygens (including phenoxy) is 3. The van der Waals surface area contributed by atoms with E-state index in [2.05, 4.69) is 4.99 Å². The smallest absolute Gasteiger partial charge is 0.326 e. The van der Waals surface area contributed by atoms with Gasteiger partial charge in [-0.1, -0.05) is 23.5 Å². The van der Waals surface area contributed by atoms with Crippen LogP contribution in [0.2, 0.25) is 0 Å². The molecule has 0 saturated carbocycles. The largest absolute Gasteiger partial charge is 0.465 e. The van der Waals surface area contributed by atoms with Crippen LogP contribution in [-0.4, -0.2) is 29.8 Å². The summed E-state index contributed by atoms with van der Waals surface area (Å²) in [7, 11) is 0. The van der Waals surface area contributed by atoms with Crippen molar-refractivity contribution in [2.75, 3.05) is 13.4 Å². The van der Waals surface area contributed by atoms with Crippen molar-refractivity contribution < 1.29 is 28.2 Å². The van der Waals surface area contributed by atoms with E-state index < -0.39 is 11.9 Å². The van der Waals surface area contributed by atoms with Gasteiger partial charge in [-0.15, -0.1) is 0 Å². The first kappa shape index (κ1) is 20.0. The van der Waals surface area contributed by atoms with E-state index in [-0.39, 0.29) is 35.9 Å². The second-order valence-corrected chi connectivity index (χ2v) is 7.85. The molecular formula is C22H16N2O7S. The van der Waals surface area contributed by atoms with E-state index in [0.717, 1.165) is 10.8 Å². The molecule has 3 heterocycles. The van der Waals surface area contributed by atoms with Gasteiger partial charge in [0.15, 0.2) is 27.5 Å². The first-order chi connectivity index (χ1) is 15.5. The normalized spacial score (nSPS) is 13.1. The van der Waals surface area contributed by atoms with E-state index in [1.807, 2.05) is 0 Å². The Kier molecular flexibility index (Phi) is 4.98. The van der Waals surface area contributed by atoms with Crippen LogP contribution >= 0.6 is 11.3 Å². The zero-order valence-electron chi connectivity index (χ0n) is 16.8. The molecule has 2 aromatic carbocycles. The Bertz CT molecular complexity index is 1510. The molecule has 0 saturated heterocycles. The van der Waals surface area contributed by atoms with E-state index in [1.165, 1.54) is 11.3 Å². The van der Waals surface area contributed by atoms with Crippen LogP contribution in [0.1, 0.15) is 17.5 Å². The van der Waals surface area contributed by atoms with Gasteiger partial charge in [0.05, 0.1) is 22.2 Å². The highest BCUT2D eigenvalue weighted by Crippen LogP contribution is 2.37. The molecule has 32 heavy (non-hydrogen) atoms. The van der Waals surface area contributed by atoms with Crippen molar-refractivity contribution >= 4 is 44.4 Å². The number of rotatable bonds is 4. The van der Waals surface area contributed by atoms with Gasteiger partial charge in [0, 0.05) is 18.2 Å². The Balaban J connectivity index is 1.64. The van der Waals surface area contributed by atoms with Crippen LogP contribution in [0.25, 0.3) is 21.2 Å². The number of nitrogens with zero attached hydrogens (tertiary/aromatic N) is 2. The van der Waals surface area contributed by atoms with E-state index in [1.54, 1.807) is 47.9 Å². The summed E-state index contributed by atoms with van der Waals surface area (Å²) in [6.45, 7) is 1.90. The summed E-state index contributed by atoms with van der Waals surface area (Å²) < 4.78 is 23.8. The SMILES string of the molecule is CCOC(=O)Cn1c(=NC(=O)c2cc(=O)c3ccccc3o2)sc2cc3c(cc21)OCO3. The number of aromatic nitrogens is 1. The Hall–Kier alpha value is -3.92. The molecule has 1 aliphatic rings. The first-order valence-corrected chi connectivity index (χ1v) is 10.6. The van der Waals surface area contributed by atoms with Gasteiger partial charge >= 0.3 is 11.9 Å². The number of para-hydroxylation sites is 1. The molecule has 5 rings (SSSR count). The Morgan fingerprint density at radius 1 is 1.16 bits per heavy atom. The highest BCUT2D eigenvalue weighted by atomic mass is 32.1. The van der Waals surface area contributed by atoms with E-state index in [0.29, 0.717) is 28.0 Å².